The van der Waals surface area contributed by atoms with Crippen LogP contribution < -0.4 is 19.1 Å². The Morgan fingerprint density at radius 1 is 1.09 bits per heavy atom. The lowest BCUT2D eigenvalue weighted by molar-refractivity contribution is -0.117. The first kappa shape index (κ1) is 30.5. The van der Waals surface area contributed by atoms with Crippen LogP contribution in [0, 0.1) is 5.92 Å². The van der Waals surface area contributed by atoms with E-state index in [2.05, 4.69) is 18.8 Å². The summed E-state index contributed by atoms with van der Waals surface area (Å²) in [5.74, 6) is -0.251. The number of carbonyl (C=O) groups excluding carboxylic acids is 2. The van der Waals surface area contributed by atoms with Gasteiger partial charge in [-0.1, -0.05) is 55.0 Å². The largest absolute Gasteiger partial charge is 0.503 e. The van der Waals surface area contributed by atoms with Crippen LogP contribution in [0.4, 0.5) is 5.13 Å². The van der Waals surface area contributed by atoms with Crippen molar-refractivity contribution in [1.29, 1.82) is 0 Å². The first-order valence-corrected chi connectivity index (χ1v) is 15.7. The summed E-state index contributed by atoms with van der Waals surface area (Å²) in [6.07, 6.45) is 0.859. The lowest BCUT2D eigenvalue weighted by Crippen LogP contribution is -2.31. The number of rotatable bonds is 11. The van der Waals surface area contributed by atoms with Crippen molar-refractivity contribution >= 4 is 60.9 Å². The Kier molecular flexibility index (Phi) is 8.44. The monoisotopic (exact) mass is 646 g/mol. The average Bonchev–Trinajstić information content (AvgIpc) is 3.71. The molecule has 45 heavy (non-hydrogen) atoms. The third kappa shape index (κ3) is 5.71. The van der Waals surface area contributed by atoms with Gasteiger partial charge in [-0.05, 0) is 67.3 Å². The van der Waals surface area contributed by atoms with E-state index >= 15 is 0 Å². The summed E-state index contributed by atoms with van der Waals surface area (Å²) in [6.45, 7) is 6.96. The molecule has 1 amide bonds. The molecule has 0 aliphatic carbocycles. The third-order valence-corrected chi connectivity index (χ3v) is 8.74. The normalized spacial score (nSPS) is 15.1. The van der Waals surface area contributed by atoms with E-state index in [0.29, 0.717) is 63.5 Å². The van der Waals surface area contributed by atoms with E-state index < -0.39 is 23.5 Å². The number of ketones is 1. The molecule has 0 radical (unpaired) electrons. The van der Waals surface area contributed by atoms with Crippen LogP contribution in [-0.4, -0.2) is 42.1 Å². The van der Waals surface area contributed by atoms with E-state index in [9.17, 15) is 14.7 Å². The number of carbonyl (C=O) groups is 2. The van der Waals surface area contributed by atoms with Crippen molar-refractivity contribution in [2.75, 3.05) is 25.2 Å². The van der Waals surface area contributed by atoms with Gasteiger partial charge >= 0.3 is 0 Å². The topological polar surface area (TPSA) is 111 Å². The molecular weight excluding hydrogens is 616 g/mol. The summed E-state index contributed by atoms with van der Waals surface area (Å²) < 4.78 is 24.1. The molecule has 1 aliphatic heterocycles. The number of Topliss-reactive ketones (excluding diaryl/α,β-unsaturated/α-hetero) is 1. The highest BCUT2D eigenvalue weighted by molar-refractivity contribution is 7.22. The molecule has 11 heteroatoms. The lowest BCUT2D eigenvalue weighted by atomic mass is 9.95. The summed E-state index contributed by atoms with van der Waals surface area (Å²) in [5.41, 5.74) is 1.37. The second-order valence-corrected chi connectivity index (χ2v) is 12.4. The molecule has 232 valence electrons. The number of aliphatic hydroxyl groups excluding tert-OH is 1. The molecule has 2 aromatic heterocycles. The highest BCUT2D eigenvalue weighted by Crippen LogP contribution is 2.46. The first-order chi connectivity index (χ1) is 21.7. The maximum atomic E-state index is 14.2. The quantitative estimate of drug-likeness (QED) is 0.143. The molecule has 3 heterocycles. The maximum Gasteiger partial charge on any atom is 0.296 e. The highest BCUT2D eigenvalue weighted by atomic mass is 35.5. The molecule has 3 aromatic carbocycles. The van der Waals surface area contributed by atoms with Crippen molar-refractivity contribution in [1.82, 2.24) is 4.98 Å². The van der Waals surface area contributed by atoms with Gasteiger partial charge in [-0.2, -0.15) is 0 Å². The number of fused-ring (bicyclic) bond motifs is 2. The fourth-order valence-electron chi connectivity index (χ4n) is 5.27. The molecule has 1 N–H and O–H groups in total. The fraction of sp³-hybridized carbons (Fsp3) is 0.265. The van der Waals surface area contributed by atoms with Gasteiger partial charge in [-0.3, -0.25) is 14.5 Å². The number of halogens is 1. The van der Waals surface area contributed by atoms with Gasteiger partial charge in [-0.25, -0.2) is 4.98 Å². The van der Waals surface area contributed by atoms with E-state index in [4.69, 9.17) is 30.2 Å². The zero-order valence-electron chi connectivity index (χ0n) is 25.1. The minimum absolute atomic E-state index is 0.0505. The summed E-state index contributed by atoms with van der Waals surface area (Å²) in [5, 5.41) is 12.8. The van der Waals surface area contributed by atoms with Crippen LogP contribution in [0.2, 0.25) is 5.02 Å². The number of aromatic nitrogens is 1. The van der Waals surface area contributed by atoms with E-state index in [-0.39, 0.29) is 16.5 Å². The number of nitrogens with zero attached hydrogens (tertiary/aromatic N) is 2. The molecule has 5 aromatic rings. The number of ether oxygens (including phenoxy) is 3. The molecule has 6 rings (SSSR count). The minimum atomic E-state index is -1.06. The third-order valence-electron chi connectivity index (χ3n) is 7.49. The van der Waals surface area contributed by atoms with Gasteiger partial charge in [-0.15, -0.1) is 0 Å². The van der Waals surface area contributed by atoms with Crippen molar-refractivity contribution in [3.8, 4) is 17.2 Å². The van der Waals surface area contributed by atoms with Gasteiger partial charge in [0.15, 0.2) is 39.5 Å². The molecule has 1 atom stereocenters. The Morgan fingerprint density at radius 3 is 2.67 bits per heavy atom. The predicted molar refractivity (Wildman–Crippen MR) is 174 cm³/mol. The van der Waals surface area contributed by atoms with Gasteiger partial charge < -0.3 is 23.7 Å². The zero-order chi connectivity index (χ0) is 31.8. The van der Waals surface area contributed by atoms with Crippen molar-refractivity contribution in [3.63, 3.8) is 0 Å². The van der Waals surface area contributed by atoms with Crippen LogP contribution in [0.1, 0.15) is 49.4 Å². The number of amides is 1. The predicted octanol–water partition coefficient (Wildman–Crippen LogP) is 8.31. The molecule has 0 saturated heterocycles. The number of hydrogen-bond donors (Lipinski definition) is 1. The summed E-state index contributed by atoms with van der Waals surface area (Å²) in [7, 11) is 1.51. The Balaban J connectivity index is 1.48. The lowest BCUT2D eigenvalue weighted by Gasteiger charge is -2.25. The smallest absolute Gasteiger partial charge is 0.296 e. The Morgan fingerprint density at radius 2 is 1.91 bits per heavy atom. The second-order valence-electron chi connectivity index (χ2n) is 10.9. The van der Waals surface area contributed by atoms with Gasteiger partial charge in [0, 0.05) is 10.4 Å². The van der Waals surface area contributed by atoms with Crippen molar-refractivity contribution in [3.05, 3.63) is 88.3 Å². The van der Waals surface area contributed by atoms with Crippen molar-refractivity contribution in [2.24, 2.45) is 5.92 Å². The Hall–Kier alpha value is -4.54. The minimum Gasteiger partial charge on any atom is -0.503 e. The summed E-state index contributed by atoms with van der Waals surface area (Å²) in [4.78, 5) is 34.0. The molecule has 9 nitrogen and oxygen atoms in total. The van der Waals surface area contributed by atoms with E-state index in [0.717, 1.165) is 11.1 Å². The number of methoxy groups -OCH3 is 1. The van der Waals surface area contributed by atoms with E-state index in [1.54, 1.807) is 60.7 Å². The zero-order valence-corrected chi connectivity index (χ0v) is 26.7. The fourth-order valence-corrected chi connectivity index (χ4v) is 6.54. The number of benzene rings is 3. The molecule has 0 fully saturated rings. The van der Waals surface area contributed by atoms with Gasteiger partial charge in [0.25, 0.3) is 5.91 Å². The summed E-state index contributed by atoms with van der Waals surface area (Å²) in [6, 6.07) is 16.3. The molecule has 0 saturated carbocycles. The van der Waals surface area contributed by atoms with Crippen LogP contribution in [0.15, 0.2) is 76.4 Å². The number of anilines is 1. The average molecular weight is 647 g/mol. The van der Waals surface area contributed by atoms with Crippen LogP contribution in [0.3, 0.4) is 0 Å². The standard InChI is InChI=1S/C34H31ClN2O7S/c1-5-42-25-15-19(9-12-23(25)43-14-13-18(2)3)29-28(30(38)26-16-20-7-6-8-24(41-4)32(20)44-26)31(39)33(40)37(29)34-36-22-11-10-21(35)17-27(22)45-34/h6-12,15-18,29,39H,5,13-14H2,1-4H3. The van der Waals surface area contributed by atoms with Gasteiger partial charge in [0.2, 0.25) is 5.78 Å². The summed E-state index contributed by atoms with van der Waals surface area (Å²) >= 11 is 7.45. The highest BCUT2D eigenvalue weighted by Gasteiger charge is 2.47. The Bertz CT molecular complexity index is 1960. The molecule has 0 spiro atoms. The number of aliphatic hydroxyl groups is 1. The van der Waals surface area contributed by atoms with Crippen LogP contribution in [0.25, 0.3) is 21.2 Å². The van der Waals surface area contributed by atoms with Crippen molar-refractivity contribution in [2.45, 2.75) is 33.2 Å². The second kappa shape index (κ2) is 12.5. The molecule has 0 bridgehead atoms. The number of thiazole rings is 1. The molecule has 1 unspecified atom stereocenters. The SMILES string of the molecule is CCOc1cc(C2C(C(=O)c3cc4cccc(OC)c4o3)=C(O)C(=O)N2c2nc3ccc(Cl)cc3s2)ccc1OCCC(C)C. The van der Waals surface area contributed by atoms with Gasteiger partial charge in [0.1, 0.15) is 0 Å². The number of hydrogen-bond acceptors (Lipinski definition) is 9. The maximum absolute atomic E-state index is 14.2. The molecule has 1 aliphatic rings. The number of furan rings is 1. The van der Waals surface area contributed by atoms with E-state index in [1.165, 1.54) is 23.3 Å². The van der Waals surface area contributed by atoms with Crippen LogP contribution >= 0.6 is 22.9 Å². The Labute approximate surface area is 268 Å². The van der Waals surface area contributed by atoms with E-state index in [1.807, 2.05) is 6.92 Å². The number of para-hydroxylation sites is 1. The van der Waals surface area contributed by atoms with Gasteiger partial charge in [0.05, 0.1) is 42.2 Å². The molecular formula is C34H31ClN2O7S. The van der Waals surface area contributed by atoms with Crippen LogP contribution in [-0.2, 0) is 4.79 Å². The van der Waals surface area contributed by atoms with Crippen molar-refractivity contribution < 1.29 is 33.3 Å². The first-order valence-electron chi connectivity index (χ1n) is 14.5. The van der Waals surface area contributed by atoms with Crippen LogP contribution in [0.5, 0.6) is 17.2 Å².